The van der Waals surface area contributed by atoms with Gasteiger partial charge in [-0.2, -0.15) is 0 Å². The summed E-state index contributed by atoms with van der Waals surface area (Å²) in [5, 5.41) is 8.11. The van der Waals surface area contributed by atoms with Crippen molar-refractivity contribution >= 4 is 11.6 Å². The van der Waals surface area contributed by atoms with Crippen molar-refractivity contribution in [2.75, 3.05) is 13.1 Å². The molecule has 7 nitrogen and oxygen atoms in total. The van der Waals surface area contributed by atoms with Gasteiger partial charge in [-0.05, 0) is 38.8 Å². The van der Waals surface area contributed by atoms with E-state index in [4.69, 9.17) is 0 Å². The fourth-order valence-corrected chi connectivity index (χ4v) is 3.45. The number of carbonyl (C=O) groups excluding carboxylic acids is 1. The summed E-state index contributed by atoms with van der Waals surface area (Å²) in [7, 11) is 0. The average molecular weight is 324 g/mol. The molecule has 0 aromatic carbocycles. The lowest BCUT2D eigenvalue weighted by Crippen LogP contribution is -2.40. The zero-order chi connectivity index (χ0) is 16.7. The number of nitrogens with zero attached hydrogens (tertiary/aromatic N) is 6. The van der Waals surface area contributed by atoms with Gasteiger partial charge in [0.25, 0.3) is 5.91 Å². The Bertz CT molecular complexity index is 896. The van der Waals surface area contributed by atoms with Gasteiger partial charge in [-0.15, -0.1) is 10.2 Å². The molecule has 1 aliphatic rings. The van der Waals surface area contributed by atoms with Crippen LogP contribution in [0.2, 0.25) is 0 Å². The Balaban J connectivity index is 1.58. The van der Waals surface area contributed by atoms with Gasteiger partial charge in [-0.1, -0.05) is 0 Å². The SMILES string of the molecule is Cc1nccn1[C@@H]1CCCN(C(=O)c2ccc3nnc(C)n3c2)C1. The molecule has 0 saturated carbocycles. The van der Waals surface area contributed by atoms with E-state index < -0.39 is 0 Å². The Labute approximate surface area is 139 Å². The minimum Gasteiger partial charge on any atom is -0.337 e. The van der Waals surface area contributed by atoms with Gasteiger partial charge in [0, 0.05) is 31.7 Å². The van der Waals surface area contributed by atoms with Gasteiger partial charge in [-0.3, -0.25) is 9.20 Å². The lowest BCUT2D eigenvalue weighted by atomic mass is 10.0. The first-order valence-corrected chi connectivity index (χ1v) is 8.23. The first kappa shape index (κ1) is 14.9. The Hall–Kier alpha value is -2.70. The predicted octanol–water partition coefficient (Wildman–Crippen LogP) is 2.02. The average Bonchev–Trinajstić information content (AvgIpc) is 3.20. The molecule has 3 aromatic rings. The maximum Gasteiger partial charge on any atom is 0.255 e. The molecule has 1 atom stereocenters. The quantitative estimate of drug-likeness (QED) is 0.723. The molecule has 3 aromatic heterocycles. The zero-order valence-electron chi connectivity index (χ0n) is 13.9. The van der Waals surface area contributed by atoms with E-state index >= 15 is 0 Å². The van der Waals surface area contributed by atoms with Crippen molar-refractivity contribution in [2.24, 2.45) is 0 Å². The van der Waals surface area contributed by atoms with Crippen LogP contribution in [-0.4, -0.2) is 48.0 Å². The van der Waals surface area contributed by atoms with E-state index in [2.05, 4.69) is 19.7 Å². The standard InChI is InChI=1S/C17H20N6O/c1-12-18-7-9-22(12)15-4-3-8-21(11-15)17(24)14-5-6-16-20-19-13(2)23(16)10-14/h5-7,9-10,15H,3-4,8,11H2,1-2H3/t15-/m1/s1. The molecule has 1 fully saturated rings. The maximum atomic E-state index is 12.9. The van der Waals surface area contributed by atoms with E-state index in [-0.39, 0.29) is 5.91 Å². The number of hydrogen-bond donors (Lipinski definition) is 0. The van der Waals surface area contributed by atoms with E-state index in [1.807, 2.05) is 53.9 Å². The molecule has 1 aliphatic heterocycles. The van der Waals surface area contributed by atoms with Gasteiger partial charge < -0.3 is 9.47 Å². The summed E-state index contributed by atoms with van der Waals surface area (Å²) >= 11 is 0. The highest BCUT2D eigenvalue weighted by molar-refractivity contribution is 5.94. The lowest BCUT2D eigenvalue weighted by Gasteiger charge is -2.34. The molecule has 0 N–H and O–H groups in total. The lowest BCUT2D eigenvalue weighted by molar-refractivity contribution is 0.0677. The zero-order valence-corrected chi connectivity index (χ0v) is 13.9. The minimum atomic E-state index is 0.0625. The number of hydrogen-bond acceptors (Lipinski definition) is 4. The van der Waals surface area contributed by atoms with Crippen molar-refractivity contribution in [3.05, 3.63) is 47.9 Å². The number of piperidine rings is 1. The van der Waals surface area contributed by atoms with Gasteiger partial charge in [0.2, 0.25) is 0 Å². The number of amides is 1. The van der Waals surface area contributed by atoms with Gasteiger partial charge in [-0.25, -0.2) is 4.98 Å². The number of likely N-dealkylation sites (tertiary alicyclic amines) is 1. The Morgan fingerprint density at radius 1 is 1.21 bits per heavy atom. The van der Waals surface area contributed by atoms with Crippen LogP contribution in [0.4, 0.5) is 0 Å². The molecule has 124 valence electrons. The van der Waals surface area contributed by atoms with Crippen LogP contribution >= 0.6 is 0 Å². The highest BCUT2D eigenvalue weighted by Gasteiger charge is 2.26. The molecule has 4 heterocycles. The number of aromatic nitrogens is 5. The molecular formula is C17H20N6O. The molecule has 0 unspecified atom stereocenters. The van der Waals surface area contributed by atoms with E-state index in [1.54, 1.807) is 0 Å². The third kappa shape index (κ3) is 2.46. The summed E-state index contributed by atoms with van der Waals surface area (Å²) in [4.78, 5) is 19.2. The van der Waals surface area contributed by atoms with E-state index in [9.17, 15) is 4.79 Å². The normalized spacial score (nSPS) is 18.2. The van der Waals surface area contributed by atoms with Crippen LogP contribution in [0.3, 0.4) is 0 Å². The molecule has 7 heteroatoms. The minimum absolute atomic E-state index is 0.0625. The predicted molar refractivity (Wildman–Crippen MR) is 88.9 cm³/mol. The summed E-state index contributed by atoms with van der Waals surface area (Å²) in [6.45, 7) is 5.40. The summed E-state index contributed by atoms with van der Waals surface area (Å²) in [6, 6.07) is 3.97. The van der Waals surface area contributed by atoms with Crippen molar-refractivity contribution in [2.45, 2.75) is 32.7 Å². The van der Waals surface area contributed by atoms with Crippen LogP contribution in [0.25, 0.3) is 5.65 Å². The monoisotopic (exact) mass is 324 g/mol. The van der Waals surface area contributed by atoms with Gasteiger partial charge in [0.1, 0.15) is 11.6 Å². The highest BCUT2D eigenvalue weighted by atomic mass is 16.2. The van der Waals surface area contributed by atoms with Crippen LogP contribution in [0, 0.1) is 13.8 Å². The largest absolute Gasteiger partial charge is 0.337 e. The highest BCUT2D eigenvalue weighted by Crippen LogP contribution is 2.24. The van der Waals surface area contributed by atoms with Crippen molar-refractivity contribution in [1.82, 2.24) is 29.0 Å². The fourth-order valence-electron chi connectivity index (χ4n) is 3.45. The second kappa shape index (κ2) is 5.74. The van der Waals surface area contributed by atoms with Gasteiger partial charge in [0.05, 0.1) is 11.6 Å². The fraction of sp³-hybridized carbons (Fsp3) is 0.412. The summed E-state index contributed by atoms with van der Waals surface area (Å²) in [5.41, 5.74) is 1.43. The third-order valence-corrected chi connectivity index (χ3v) is 4.76. The molecule has 1 saturated heterocycles. The number of pyridine rings is 1. The van der Waals surface area contributed by atoms with Gasteiger partial charge in [0.15, 0.2) is 5.65 Å². The molecule has 0 radical (unpaired) electrons. The van der Waals surface area contributed by atoms with Gasteiger partial charge >= 0.3 is 0 Å². The van der Waals surface area contributed by atoms with E-state index in [0.29, 0.717) is 11.6 Å². The number of imidazole rings is 1. The first-order chi connectivity index (χ1) is 11.6. The van der Waals surface area contributed by atoms with Crippen molar-refractivity contribution in [3.63, 3.8) is 0 Å². The number of carbonyl (C=O) groups is 1. The molecule has 0 spiro atoms. The maximum absolute atomic E-state index is 12.9. The number of fused-ring (bicyclic) bond motifs is 1. The Kier molecular flexibility index (Phi) is 3.55. The summed E-state index contributed by atoms with van der Waals surface area (Å²) in [5.74, 6) is 1.84. The molecule has 0 bridgehead atoms. The van der Waals surface area contributed by atoms with Crippen LogP contribution < -0.4 is 0 Å². The van der Waals surface area contributed by atoms with Crippen molar-refractivity contribution < 1.29 is 4.79 Å². The Morgan fingerprint density at radius 3 is 2.88 bits per heavy atom. The van der Waals surface area contributed by atoms with Crippen LogP contribution in [0.15, 0.2) is 30.7 Å². The van der Waals surface area contributed by atoms with Crippen LogP contribution in [-0.2, 0) is 0 Å². The molecule has 0 aliphatic carbocycles. The molecule has 4 rings (SSSR count). The first-order valence-electron chi connectivity index (χ1n) is 8.23. The Morgan fingerprint density at radius 2 is 2.08 bits per heavy atom. The molecular weight excluding hydrogens is 304 g/mol. The topological polar surface area (TPSA) is 68.3 Å². The molecule has 24 heavy (non-hydrogen) atoms. The smallest absolute Gasteiger partial charge is 0.255 e. The van der Waals surface area contributed by atoms with Crippen molar-refractivity contribution in [3.8, 4) is 0 Å². The number of aryl methyl sites for hydroxylation is 2. The molecule has 1 amide bonds. The summed E-state index contributed by atoms with van der Waals surface area (Å²) in [6.07, 6.45) is 7.73. The van der Waals surface area contributed by atoms with E-state index in [1.165, 1.54) is 0 Å². The number of rotatable bonds is 2. The van der Waals surface area contributed by atoms with E-state index in [0.717, 1.165) is 43.2 Å². The second-order valence-electron chi connectivity index (χ2n) is 6.32. The van der Waals surface area contributed by atoms with Crippen LogP contribution in [0.5, 0.6) is 0 Å². The van der Waals surface area contributed by atoms with Crippen LogP contribution in [0.1, 0.15) is 40.9 Å². The summed E-state index contributed by atoms with van der Waals surface area (Å²) < 4.78 is 4.03. The van der Waals surface area contributed by atoms with Crippen molar-refractivity contribution in [1.29, 1.82) is 0 Å². The second-order valence-corrected chi connectivity index (χ2v) is 6.32. The third-order valence-electron chi connectivity index (χ3n) is 4.76.